The normalized spacial score (nSPS) is 10.4. The summed E-state index contributed by atoms with van der Waals surface area (Å²) in [6.45, 7) is 3.88. The van der Waals surface area contributed by atoms with Crippen molar-refractivity contribution in [3.63, 3.8) is 0 Å². The van der Waals surface area contributed by atoms with E-state index in [0.717, 1.165) is 11.4 Å². The molecule has 2 rings (SSSR count). The first-order valence-corrected chi connectivity index (χ1v) is 4.41. The maximum absolute atomic E-state index is 9.61. The summed E-state index contributed by atoms with van der Waals surface area (Å²) < 4.78 is 1.72. The van der Waals surface area contributed by atoms with Crippen LogP contribution in [0, 0.1) is 19.9 Å². The standard InChI is InChI=1S/C11H11N2O/c1-8-7-9(2)13(12-8)10-5-3-4-6-11(10)14/h3,5-7,14H,1-2H3. The minimum absolute atomic E-state index is 0.193. The molecule has 0 spiro atoms. The van der Waals surface area contributed by atoms with Crippen LogP contribution in [0.3, 0.4) is 0 Å². The molecule has 1 heterocycles. The Kier molecular flexibility index (Phi) is 2.00. The van der Waals surface area contributed by atoms with E-state index in [4.69, 9.17) is 0 Å². The fourth-order valence-electron chi connectivity index (χ4n) is 1.47. The van der Waals surface area contributed by atoms with Gasteiger partial charge in [0, 0.05) is 5.69 Å². The second-order valence-electron chi connectivity index (χ2n) is 3.25. The Bertz CT molecular complexity index is 460. The summed E-state index contributed by atoms with van der Waals surface area (Å²) in [6, 6.07) is 9.85. The van der Waals surface area contributed by atoms with Crippen molar-refractivity contribution in [2.45, 2.75) is 13.8 Å². The maximum atomic E-state index is 9.61. The SMILES string of the molecule is Cc1cc(C)n(-c2cc[c]cc2O)n1. The zero-order chi connectivity index (χ0) is 10.1. The predicted octanol–water partition coefficient (Wildman–Crippen LogP) is 1.99. The molecule has 0 aliphatic heterocycles. The Morgan fingerprint density at radius 2 is 2.21 bits per heavy atom. The molecule has 1 aromatic carbocycles. The van der Waals surface area contributed by atoms with Gasteiger partial charge in [0.25, 0.3) is 0 Å². The molecular formula is C11H11N2O. The quantitative estimate of drug-likeness (QED) is 0.741. The highest BCUT2D eigenvalue weighted by atomic mass is 16.3. The molecule has 0 saturated carbocycles. The number of aromatic nitrogens is 2. The van der Waals surface area contributed by atoms with Crippen LogP contribution in [0.25, 0.3) is 5.69 Å². The van der Waals surface area contributed by atoms with Crippen LogP contribution in [-0.4, -0.2) is 14.9 Å². The van der Waals surface area contributed by atoms with Gasteiger partial charge in [0.2, 0.25) is 0 Å². The summed E-state index contributed by atoms with van der Waals surface area (Å²) in [5, 5.41) is 13.9. The molecule has 3 nitrogen and oxygen atoms in total. The van der Waals surface area contributed by atoms with Crippen LogP contribution in [0.2, 0.25) is 0 Å². The molecule has 0 aliphatic rings. The molecular weight excluding hydrogens is 176 g/mol. The molecule has 71 valence electrons. The van der Waals surface area contributed by atoms with Gasteiger partial charge in [-0.25, -0.2) is 4.68 Å². The van der Waals surface area contributed by atoms with Crippen molar-refractivity contribution in [2.24, 2.45) is 0 Å². The van der Waals surface area contributed by atoms with E-state index in [0.29, 0.717) is 5.69 Å². The molecule has 0 saturated heterocycles. The van der Waals surface area contributed by atoms with Crippen molar-refractivity contribution in [1.29, 1.82) is 0 Å². The number of phenols is 1. The molecule has 14 heavy (non-hydrogen) atoms. The van der Waals surface area contributed by atoms with Gasteiger partial charge in [-0.15, -0.1) is 0 Å². The first-order valence-electron chi connectivity index (χ1n) is 4.41. The lowest BCUT2D eigenvalue weighted by Crippen LogP contribution is -1.98. The highest BCUT2D eigenvalue weighted by Gasteiger charge is 2.06. The molecule has 1 radical (unpaired) electrons. The van der Waals surface area contributed by atoms with Gasteiger partial charge in [-0.2, -0.15) is 5.10 Å². The molecule has 0 fully saturated rings. The average Bonchev–Trinajstić information content (AvgIpc) is 2.46. The van der Waals surface area contributed by atoms with E-state index >= 15 is 0 Å². The van der Waals surface area contributed by atoms with Crippen molar-refractivity contribution >= 4 is 0 Å². The first-order chi connectivity index (χ1) is 6.68. The monoisotopic (exact) mass is 187 g/mol. The van der Waals surface area contributed by atoms with E-state index in [-0.39, 0.29) is 5.75 Å². The van der Waals surface area contributed by atoms with Crippen molar-refractivity contribution < 1.29 is 5.11 Å². The lowest BCUT2D eigenvalue weighted by molar-refractivity contribution is 0.469. The summed E-state index contributed by atoms with van der Waals surface area (Å²) >= 11 is 0. The first kappa shape index (κ1) is 8.81. The topological polar surface area (TPSA) is 38.0 Å². The summed E-state index contributed by atoms with van der Waals surface area (Å²) in [4.78, 5) is 0. The fourth-order valence-corrected chi connectivity index (χ4v) is 1.47. The number of aromatic hydroxyl groups is 1. The van der Waals surface area contributed by atoms with Crippen molar-refractivity contribution in [2.75, 3.05) is 0 Å². The van der Waals surface area contributed by atoms with Crippen LogP contribution >= 0.6 is 0 Å². The van der Waals surface area contributed by atoms with Gasteiger partial charge in [0.15, 0.2) is 0 Å². The Hall–Kier alpha value is -1.77. The average molecular weight is 187 g/mol. The molecule has 2 aromatic rings. The summed E-state index contributed by atoms with van der Waals surface area (Å²) in [5.74, 6) is 0.193. The van der Waals surface area contributed by atoms with Crippen molar-refractivity contribution in [3.05, 3.63) is 41.7 Å². The Labute approximate surface area is 82.6 Å². The number of aryl methyl sites for hydroxylation is 2. The van der Waals surface area contributed by atoms with E-state index in [1.54, 1.807) is 16.8 Å². The predicted molar refractivity (Wildman–Crippen MR) is 53.5 cm³/mol. The van der Waals surface area contributed by atoms with Crippen LogP contribution < -0.4 is 0 Å². The van der Waals surface area contributed by atoms with E-state index in [1.165, 1.54) is 6.07 Å². The molecule has 0 aliphatic carbocycles. The van der Waals surface area contributed by atoms with E-state index < -0.39 is 0 Å². The minimum atomic E-state index is 0.193. The van der Waals surface area contributed by atoms with Gasteiger partial charge >= 0.3 is 0 Å². The number of rotatable bonds is 1. The number of nitrogens with zero attached hydrogens (tertiary/aromatic N) is 2. The van der Waals surface area contributed by atoms with Gasteiger partial charge < -0.3 is 5.11 Å². The third-order valence-electron chi connectivity index (χ3n) is 2.06. The van der Waals surface area contributed by atoms with E-state index in [9.17, 15) is 5.11 Å². The van der Waals surface area contributed by atoms with Gasteiger partial charge in [0.1, 0.15) is 11.4 Å². The van der Waals surface area contributed by atoms with E-state index in [2.05, 4.69) is 11.2 Å². The maximum Gasteiger partial charge on any atom is 0.141 e. The number of phenolic OH excluding ortho intramolecular Hbond substituents is 1. The van der Waals surface area contributed by atoms with Gasteiger partial charge in [0.05, 0.1) is 5.69 Å². The molecule has 0 atom stereocenters. The van der Waals surface area contributed by atoms with Crippen molar-refractivity contribution in [3.8, 4) is 11.4 Å². The van der Waals surface area contributed by atoms with Crippen molar-refractivity contribution in [1.82, 2.24) is 9.78 Å². The molecule has 0 amide bonds. The minimum Gasteiger partial charge on any atom is -0.506 e. The van der Waals surface area contributed by atoms with Crippen LogP contribution in [-0.2, 0) is 0 Å². The van der Waals surface area contributed by atoms with Crippen LogP contribution in [0.5, 0.6) is 5.75 Å². The zero-order valence-corrected chi connectivity index (χ0v) is 8.15. The van der Waals surface area contributed by atoms with E-state index in [1.807, 2.05) is 19.9 Å². The molecule has 1 N–H and O–H groups in total. The molecule has 0 bridgehead atoms. The second-order valence-corrected chi connectivity index (χ2v) is 3.25. The third kappa shape index (κ3) is 1.37. The second kappa shape index (κ2) is 3.18. The summed E-state index contributed by atoms with van der Waals surface area (Å²) in [7, 11) is 0. The van der Waals surface area contributed by atoms with Gasteiger partial charge in [-0.1, -0.05) is 6.07 Å². The van der Waals surface area contributed by atoms with Crippen LogP contribution in [0.4, 0.5) is 0 Å². The molecule has 3 heteroatoms. The number of hydrogen-bond acceptors (Lipinski definition) is 2. The zero-order valence-electron chi connectivity index (χ0n) is 8.15. The number of benzene rings is 1. The third-order valence-corrected chi connectivity index (χ3v) is 2.06. The lowest BCUT2D eigenvalue weighted by atomic mass is 10.3. The highest BCUT2D eigenvalue weighted by molar-refractivity contribution is 5.45. The highest BCUT2D eigenvalue weighted by Crippen LogP contribution is 2.21. The van der Waals surface area contributed by atoms with Crippen LogP contribution in [0.1, 0.15) is 11.4 Å². The summed E-state index contributed by atoms with van der Waals surface area (Å²) in [5.41, 5.74) is 2.63. The largest absolute Gasteiger partial charge is 0.506 e. The number of hydrogen-bond donors (Lipinski definition) is 1. The fraction of sp³-hybridized carbons (Fsp3) is 0.182. The Morgan fingerprint density at radius 3 is 2.79 bits per heavy atom. The van der Waals surface area contributed by atoms with Gasteiger partial charge in [-0.3, -0.25) is 0 Å². The summed E-state index contributed by atoms with van der Waals surface area (Å²) in [6.07, 6.45) is 0. The smallest absolute Gasteiger partial charge is 0.141 e. The lowest BCUT2D eigenvalue weighted by Gasteiger charge is -2.05. The Balaban J connectivity index is 2.60. The molecule has 1 aromatic heterocycles. The van der Waals surface area contributed by atoms with Gasteiger partial charge in [-0.05, 0) is 38.1 Å². The Morgan fingerprint density at radius 1 is 1.43 bits per heavy atom. The van der Waals surface area contributed by atoms with Crippen LogP contribution in [0.15, 0.2) is 24.3 Å². The molecule has 0 unspecified atom stereocenters.